The number of hydrogen-bond donors (Lipinski definition) is 0. The van der Waals surface area contributed by atoms with E-state index in [4.69, 9.17) is 14.5 Å². The number of esters is 2. The summed E-state index contributed by atoms with van der Waals surface area (Å²) in [5, 5.41) is 0.0468. The minimum atomic E-state index is -0.565. The second-order valence-electron chi connectivity index (χ2n) is 9.87. The summed E-state index contributed by atoms with van der Waals surface area (Å²) in [5.74, 6) is -0.697. The lowest BCUT2D eigenvalue weighted by Crippen LogP contribution is -2.15. The van der Waals surface area contributed by atoms with Crippen LogP contribution in [0.5, 0.6) is 0 Å². The Labute approximate surface area is 234 Å². The van der Waals surface area contributed by atoms with Gasteiger partial charge in [0.2, 0.25) is 0 Å². The maximum Gasteiger partial charge on any atom is 0.356 e. The van der Waals surface area contributed by atoms with Crippen molar-refractivity contribution in [3.05, 3.63) is 46.8 Å². The van der Waals surface area contributed by atoms with E-state index < -0.39 is 5.25 Å². The van der Waals surface area contributed by atoms with E-state index in [0.717, 1.165) is 24.8 Å². The fourth-order valence-electron chi connectivity index (χ4n) is 4.77. The van der Waals surface area contributed by atoms with Crippen molar-refractivity contribution < 1.29 is 19.1 Å². The Morgan fingerprint density at radius 2 is 1.53 bits per heavy atom. The van der Waals surface area contributed by atoms with Crippen LogP contribution in [0, 0.1) is 0 Å². The number of carbonyl (C=O) groups excluding carboxylic acids is 2. The highest BCUT2D eigenvalue weighted by molar-refractivity contribution is 8.00. The summed E-state index contributed by atoms with van der Waals surface area (Å²) in [6, 6.07) is 8.14. The molecular formula is C31H48N2O4S. The van der Waals surface area contributed by atoms with E-state index in [1.807, 2.05) is 25.2 Å². The van der Waals surface area contributed by atoms with Gasteiger partial charge in [0.1, 0.15) is 5.25 Å². The van der Waals surface area contributed by atoms with Crippen LogP contribution in [0.4, 0.5) is 0 Å². The molecule has 0 aliphatic heterocycles. The number of imidazole rings is 1. The van der Waals surface area contributed by atoms with Crippen molar-refractivity contribution in [1.29, 1.82) is 0 Å². The number of benzene rings is 1. The first-order chi connectivity index (χ1) is 18.5. The molecule has 212 valence electrons. The summed E-state index contributed by atoms with van der Waals surface area (Å²) in [4.78, 5) is 30.4. The smallest absolute Gasteiger partial charge is 0.356 e. The van der Waals surface area contributed by atoms with E-state index in [1.165, 1.54) is 82.2 Å². The van der Waals surface area contributed by atoms with E-state index in [2.05, 4.69) is 19.9 Å². The van der Waals surface area contributed by atoms with E-state index in [1.54, 1.807) is 11.5 Å². The van der Waals surface area contributed by atoms with Gasteiger partial charge in [-0.3, -0.25) is 4.79 Å². The SMILES string of the molecule is CCCCCCCCCCCCc1ccccc1C(Sc1nc(CCC)c(C(=O)OCC)n1C)C(=O)OC. The molecule has 7 heteroatoms. The molecule has 1 aromatic heterocycles. The predicted octanol–water partition coefficient (Wildman–Crippen LogP) is 8.02. The van der Waals surface area contributed by atoms with Crippen molar-refractivity contribution in [2.75, 3.05) is 13.7 Å². The molecule has 0 saturated heterocycles. The maximum atomic E-state index is 13.0. The molecule has 1 unspecified atom stereocenters. The standard InChI is InChI=1S/C31H48N2O4S/c1-6-9-10-11-12-13-14-15-16-17-21-24-22-18-19-23-25(24)28(30(35)36-5)38-31-32-26(20-7-2)27(33(31)4)29(34)37-8-3/h18-19,22-23,28H,6-17,20-21H2,1-5H3. The van der Waals surface area contributed by atoms with Gasteiger partial charge in [0.15, 0.2) is 10.9 Å². The van der Waals surface area contributed by atoms with E-state index in [-0.39, 0.29) is 11.9 Å². The Hall–Kier alpha value is -2.28. The Balaban J connectivity index is 2.10. The van der Waals surface area contributed by atoms with Gasteiger partial charge in [-0.15, -0.1) is 0 Å². The summed E-state index contributed by atoms with van der Waals surface area (Å²) in [7, 11) is 3.23. The highest BCUT2D eigenvalue weighted by Gasteiger charge is 2.29. The molecule has 2 rings (SSSR count). The van der Waals surface area contributed by atoms with Crippen molar-refractivity contribution in [2.45, 2.75) is 115 Å². The number of ether oxygens (including phenoxy) is 2. The number of nitrogens with zero attached hydrogens (tertiary/aromatic N) is 2. The summed E-state index contributed by atoms with van der Waals surface area (Å²) < 4.78 is 12.3. The molecule has 0 N–H and O–H groups in total. The summed E-state index contributed by atoms with van der Waals surface area (Å²) in [5.41, 5.74) is 3.29. The van der Waals surface area contributed by atoms with Crippen molar-refractivity contribution >= 4 is 23.7 Å². The Bertz CT molecular complexity index is 988. The topological polar surface area (TPSA) is 70.4 Å². The number of methoxy groups -OCH3 is 1. The minimum absolute atomic E-state index is 0.301. The number of rotatable bonds is 19. The van der Waals surface area contributed by atoms with E-state index in [0.29, 0.717) is 29.6 Å². The van der Waals surface area contributed by atoms with Gasteiger partial charge < -0.3 is 14.0 Å². The zero-order valence-corrected chi connectivity index (χ0v) is 25.0. The molecule has 0 bridgehead atoms. The average Bonchev–Trinajstić information content (AvgIpc) is 3.22. The van der Waals surface area contributed by atoms with Gasteiger partial charge >= 0.3 is 11.9 Å². The first-order valence-corrected chi connectivity index (χ1v) is 15.4. The summed E-state index contributed by atoms with van der Waals surface area (Å²) in [6.07, 6.45) is 15.4. The molecule has 0 fully saturated rings. The number of aryl methyl sites for hydroxylation is 2. The molecule has 38 heavy (non-hydrogen) atoms. The third kappa shape index (κ3) is 9.79. The number of unbranched alkanes of at least 4 members (excludes halogenated alkanes) is 9. The Kier molecular flexibility index (Phi) is 15.2. The summed E-state index contributed by atoms with van der Waals surface area (Å²) in [6.45, 7) is 6.41. The lowest BCUT2D eigenvalue weighted by Gasteiger charge is -2.18. The molecule has 1 aromatic carbocycles. The average molecular weight is 545 g/mol. The highest BCUT2D eigenvalue weighted by Crippen LogP contribution is 2.38. The van der Waals surface area contributed by atoms with Crippen LogP contribution in [0.15, 0.2) is 29.4 Å². The van der Waals surface area contributed by atoms with Gasteiger partial charge in [0.25, 0.3) is 0 Å². The minimum Gasteiger partial charge on any atom is -0.468 e. The largest absolute Gasteiger partial charge is 0.468 e. The predicted molar refractivity (Wildman–Crippen MR) is 156 cm³/mol. The molecule has 0 radical (unpaired) electrons. The number of carbonyl (C=O) groups is 2. The summed E-state index contributed by atoms with van der Waals surface area (Å²) >= 11 is 1.34. The highest BCUT2D eigenvalue weighted by atomic mass is 32.2. The first-order valence-electron chi connectivity index (χ1n) is 14.5. The third-order valence-corrected chi connectivity index (χ3v) is 8.12. The van der Waals surface area contributed by atoms with Gasteiger partial charge in [-0.2, -0.15) is 0 Å². The monoisotopic (exact) mass is 544 g/mol. The van der Waals surface area contributed by atoms with Crippen LogP contribution in [-0.2, 0) is 34.2 Å². The van der Waals surface area contributed by atoms with Gasteiger partial charge in [0.05, 0.1) is 19.4 Å². The molecule has 1 atom stereocenters. The number of aromatic nitrogens is 2. The van der Waals surface area contributed by atoms with E-state index >= 15 is 0 Å². The quantitative estimate of drug-likeness (QED) is 0.101. The van der Waals surface area contributed by atoms with Crippen molar-refractivity contribution in [3.63, 3.8) is 0 Å². The van der Waals surface area contributed by atoms with Crippen LogP contribution in [0.2, 0.25) is 0 Å². The van der Waals surface area contributed by atoms with Crippen LogP contribution >= 0.6 is 11.8 Å². The molecule has 2 aromatic rings. The van der Waals surface area contributed by atoms with Crippen LogP contribution in [0.25, 0.3) is 0 Å². The van der Waals surface area contributed by atoms with Crippen molar-refractivity contribution in [1.82, 2.24) is 9.55 Å². The molecule has 0 amide bonds. The number of hydrogen-bond acceptors (Lipinski definition) is 6. The molecule has 0 aliphatic rings. The molecule has 0 aliphatic carbocycles. The van der Waals surface area contributed by atoms with Crippen LogP contribution in [0.3, 0.4) is 0 Å². The lowest BCUT2D eigenvalue weighted by atomic mass is 9.98. The fourth-order valence-corrected chi connectivity index (χ4v) is 5.95. The number of thioether (sulfide) groups is 1. The van der Waals surface area contributed by atoms with Gasteiger partial charge in [0, 0.05) is 7.05 Å². The molecular weight excluding hydrogens is 496 g/mol. The van der Waals surface area contributed by atoms with Crippen LogP contribution < -0.4 is 0 Å². The van der Waals surface area contributed by atoms with Crippen LogP contribution in [0.1, 0.15) is 124 Å². The normalized spacial score (nSPS) is 11.9. The van der Waals surface area contributed by atoms with Crippen molar-refractivity contribution in [3.8, 4) is 0 Å². The Morgan fingerprint density at radius 1 is 0.895 bits per heavy atom. The Morgan fingerprint density at radius 3 is 2.13 bits per heavy atom. The second-order valence-corrected chi connectivity index (χ2v) is 10.9. The second kappa shape index (κ2) is 18.1. The van der Waals surface area contributed by atoms with Gasteiger partial charge in [-0.25, -0.2) is 9.78 Å². The van der Waals surface area contributed by atoms with E-state index in [9.17, 15) is 9.59 Å². The lowest BCUT2D eigenvalue weighted by molar-refractivity contribution is -0.140. The third-order valence-electron chi connectivity index (χ3n) is 6.86. The van der Waals surface area contributed by atoms with Crippen LogP contribution in [-0.4, -0.2) is 35.2 Å². The molecule has 0 saturated carbocycles. The zero-order chi connectivity index (χ0) is 27.8. The fraction of sp³-hybridized carbons (Fsp3) is 0.645. The first kappa shape index (κ1) is 31.9. The zero-order valence-electron chi connectivity index (χ0n) is 24.2. The van der Waals surface area contributed by atoms with Crippen molar-refractivity contribution in [2.24, 2.45) is 7.05 Å². The van der Waals surface area contributed by atoms with Gasteiger partial charge in [-0.1, -0.05) is 114 Å². The van der Waals surface area contributed by atoms with Gasteiger partial charge in [-0.05, 0) is 37.3 Å². The molecule has 6 nitrogen and oxygen atoms in total. The molecule has 0 spiro atoms. The maximum absolute atomic E-state index is 13.0. The molecule has 1 heterocycles.